The maximum Gasteiger partial charge on any atom is 0.305 e. The largest absolute Gasteiger partial charge is 0.494 e. The van der Waals surface area contributed by atoms with E-state index < -0.39 is 58.5 Å². The molecule has 12 nitrogen and oxygen atoms in total. The first-order valence-electron chi connectivity index (χ1n) is 9.52. The fourth-order valence-corrected chi connectivity index (χ4v) is 4.42. The van der Waals surface area contributed by atoms with Gasteiger partial charge in [0, 0.05) is 19.9 Å². The number of carbonyl (C=O) groups is 4. The minimum Gasteiger partial charge on any atom is -0.494 e. The number of hydrogen-bond acceptors (Lipinski definition) is 10. The normalized spacial score (nSPS) is 27.6. The van der Waals surface area contributed by atoms with Crippen LogP contribution in [0.2, 0.25) is 0 Å². The fraction of sp³-hybridized carbons (Fsp3) is 0.400. The number of nitro benzene ring substituents is 1. The molecule has 2 fully saturated rings. The highest BCUT2D eigenvalue weighted by Crippen LogP contribution is 2.55. The van der Waals surface area contributed by atoms with Crippen LogP contribution < -0.4 is 9.64 Å². The number of benzene rings is 1. The van der Waals surface area contributed by atoms with E-state index in [2.05, 4.69) is 0 Å². The number of methoxy groups -OCH3 is 1. The lowest BCUT2D eigenvalue weighted by Gasteiger charge is -2.34. The first kappa shape index (κ1) is 21.4. The summed E-state index contributed by atoms with van der Waals surface area (Å²) in [7, 11) is 1.25. The monoisotopic (exact) mass is 446 g/mol. The Morgan fingerprint density at radius 2 is 1.84 bits per heavy atom. The number of nitro groups is 1. The summed E-state index contributed by atoms with van der Waals surface area (Å²) in [6.07, 6.45) is 0.586. The average Bonchev–Trinajstić information content (AvgIpc) is 3.37. The number of rotatable bonds is 6. The van der Waals surface area contributed by atoms with E-state index in [0.29, 0.717) is 0 Å². The number of hydrogen-bond donors (Lipinski definition) is 0. The topological polar surface area (TPSA) is 152 Å². The van der Waals surface area contributed by atoms with Crippen LogP contribution in [0.4, 0.5) is 11.4 Å². The molecule has 0 radical (unpaired) electrons. The number of fused-ring (bicyclic) bond motifs is 5. The molecule has 168 valence electrons. The molecule has 1 aromatic carbocycles. The Balaban J connectivity index is 1.76. The third-order valence-corrected chi connectivity index (χ3v) is 5.61. The molecule has 32 heavy (non-hydrogen) atoms. The van der Waals surface area contributed by atoms with E-state index in [1.54, 1.807) is 6.08 Å². The lowest BCUT2D eigenvalue weighted by Crippen LogP contribution is -2.52. The smallest absolute Gasteiger partial charge is 0.305 e. The molecular weight excluding hydrogens is 428 g/mol. The summed E-state index contributed by atoms with van der Waals surface area (Å²) in [6.45, 7) is 2.21. The Morgan fingerprint density at radius 3 is 2.41 bits per heavy atom. The van der Waals surface area contributed by atoms with Gasteiger partial charge < -0.3 is 18.9 Å². The predicted octanol–water partition coefficient (Wildman–Crippen LogP) is 0.869. The molecule has 0 unspecified atom stereocenters. The minimum atomic E-state index is -1.69. The van der Waals surface area contributed by atoms with Crippen molar-refractivity contribution < 1.29 is 43.0 Å². The Hall–Kier alpha value is -3.80. The van der Waals surface area contributed by atoms with Crippen LogP contribution >= 0.6 is 0 Å². The molecule has 3 aliphatic heterocycles. The molecule has 0 saturated carbocycles. The van der Waals surface area contributed by atoms with Crippen molar-refractivity contribution in [2.45, 2.75) is 31.8 Å². The van der Waals surface area contributed by atoms with E-state index in [0.717, 1.165) is 30.9 Å². The van der Waals surface area contributed by atoms with E-state index in [-0.39, 0.29) is 17.1 Å². The van der Waals surface area contributed by atoms with Crippen LogP contribution in [0.1, 0.15) is 13.8 Å². The molecule has 1 aromatic rings. The summed E-state index contributed by atoms with van der Waals surface area (Å²) < 4.78 is 21.3. The van der Waals surface area contributed by atoms with Gasteiger partial charge in [0.15, 0.2) is 5.60 Å². The van der Waals surface area contributed by atoms with Crippen molar-refractivity contribution in [3.63, 3.8) is 0 Å². The second kappa shape index (κ2) is 7.41. The van der Waals surface area contributed by atoms with Crippen molar-refractivity contribution >= 4 is 35.1 Å². The van der Waals surface area contributed by atoms with Gasteiger partial charge in [-0.05, 0) is 12.1 Å². The van der Waals surface area contributed by atoms with Crippen molar-refractivity contribution in [3.05, 3.63) is 40.5 Å². The number of carbonyl (C=O) groups excluding carboxylic acids is 4. The summed E-state index contributed by atoms with van der Waals surface area (Å²) >= 11 is 0. The highest BCUT2D eigenvalue weighted by molar-refractivity contribution is 6.24. The van der Waals surface area contributed by atoms with E-state index >= 15 is 0 Å². The third-order valence-electron chi connectivity index (χ3n) is 5.61. The van der Waals surface area contributed by atoms with Crippen LogP contribution in [-0.4, -0.2) is 53.8 Å². The van der Waals surface area contributed by atoms with Gasteiger partial charge in [0.2, 0.25) is 11.8 Å². The molecule has 4 atom stereocenters. The zero-order chi connectivity index (χ0) is 23.4. The van der Waals surface area contributed by atoms with Crippen molar-refractivity contribution in [2.75, 3.05) is 12.0 Å². The van der Waals surface area contributed by atoms with Gasteiger partial charge in [0.25, 0.3) is 12.0 Å². The lowest BCUT2D eigenvalue weighted by molar-refractivity contribution is -0.384. The number of esters is 2. The molecular formula is C20H18N2O10. The minimum absolute atomic E-state index is 0.0218. The molecule has 2 bridgehead atoms. The van der Waals surface area contributed by atoms with E-state index in [1.807, 2.05) is 0 Å². The van der Waals surface area contributed by atoms with Gasteiger partial charge in [-0.3, -0.25) is 29.3 Å². The summed E-state index contributed by atoms with van der Waals surface area (Å²) in [6, 6.07) is 3.49. The van der Waals surface area contributed by atoms with E-state index in [9.17, 15) is 29.3 Å². The van der Waals surface area contributed by atoms with Crippen LogP contribution in [0, 0.1) is 22.0 Å². The van der Waals surface area contributed by atoms with Crippen molar-refractivity contribution in [1.82, 2.24) is 0 Å². The standard InChI is InChI=1S/C20H18N2O10/c1-9(23)30-19(31-10(2)24)20-7-6-13(32-20)15-16(20)18(26)21(17(15)25)12-5-4-11(22(27)28)8-14(12)29-3/h4-8,13,15-16,19H,1-3H3/t13-,15-,16+,20-/m1/s1. The number of amides is 2. The average molecular weight is 446 g/mol. The molecule has 3 aliphatic rings. The molecule has 3 heterocycles. The highest BCUT2D eigenvalue weighted by Gasteiger charge is 2.72. The Morgan fingerprint density at radius 1 is 1.19 bits per heavy atom. The number of non-ortho nitro benzene ring substituents is 1. The van der Waals surface area contributed by atoms with Gasteiger partial charge >= 0.3 is 11.9 Å². The summed E-state index contributed by atoms with van der Waals surface area (Å²) in [5.41, 5.74) is -1.95. The van der Waals surface area contributed by atoms with Crippen LogP contribution in [0.25, 0.3) is 0 Å². The maximum atomic E-state index is 13.5. The molecule has 4 rings (SSSR count). The molecule has 0 aromatic heterocycles. The summed E-state index contributed by atoms with van der Waals surface area (Å²) in [5, 5.41) is 11.1. The highest BCUT2D eigenvalue weighted by atomic mass is 16.7. The molecule has 0 spiro atoms. The predicted molar refractivity (Wildman–Crippen MR) is 103 cm³/mol. The van der Waals surface area contributed by atoms with Crippen molar-refractivity contribution in [1.29, 1.82) is 0 Å². The van der Waals surface area contributed by atoms with Crippen LogP contribution in [0.15, 0.2) is 30.4 Å². The Labute approximate surface area is 180 Å². The zero-order valence-corrected chi connectivity index (χ0v) is 17.2. The molecule has 2 amide bonds. The van der Waals surface area contributed by atoms with Gasteiger partial charge in [-0.1, -0.05) is 6.08 Å². The molecule has 0 aliphatic carbocycles. The first-order chi connectivity index (χ1) is 15.1. The molecule has 0 N–H and O–H groups in total. The SMILES string of the molecule is COc1cc([N+](=O)[O-])ccc1N1C(=O)[C@H]2[C@@H](C1=O)[C@@]1(C(OC(C)=O)OC(C)=O)C=C[C@H]2O1. The summed E-state index contributed by atoms with van der Waals surface area (Å²) in [4.78, 5) is 61.3. The second-order valence-electron chi connectivity index (χ2n) is 7.47. The third kappa shape index (κ3) is 3.02. The Bertz CT molecular complexity index is 1070. The molecule has 12 heteroatoms. The van der Waals surface area contributed by atoms with Gasteiger partial charge in [-0.2, -0.15) is 0 Å². The number of ether oxygens (including phenoxy) is 4. The number of nitrogens with zero attached hydrogens (tertiary/aromatic N) is 2. The van der Waals surface area contributed by atoms with Crippen LogP contribution in [-0.2, 0) is 33.4 Å². The molecule has 2 saturated heterocycles. The maximum absolute atomic E-state index is 13.5. The van der Waals surface area contributed by atoms with Gasteiger partial charge in [0.05, 0.1) is 41.7 Å². The zero-order valence-electron chi connectivity index (χ0n) is 17.2. The van der Waals surface area contributed by atoms with E-state index in [4.69, 9.17) is 18.9 Å². The lowest BCUT2D eigenvalue weighted by atomic mass is 9.76. The van der Waals surface area contributed by atoms with Crippen LogP contribution in [0.5, 0.6) is 5.75 Å². The van der Waals surface area contributed by atoms with Crippen molar-refractivity contribution in [3.8, 4) is 5.75 Å². The van der Waals surface area contributed by atoms with Gasteiger partial charge in [-0.15, -0.1) is 0 Å². The number of imide groups is 1. The first-order valence-corrected chi connectivity index (χ1v) is 9.52. The van der Waals surface area contributed by atoms with E-state index in [1.165, 1.54) is 19.3 Å². The fourth-order valence-electron chi connectivity index (χ4n) is 4.42. The summed E-state index contributed by atoms with van der Waals surface area (Å²) in [5.74, 6) is -5.06. The van der Waals surface area contributed by atoms with Crippen molar-refractivity contribution in [2.24, 2.45) is 11.8 Å². The Kier molecular flexibility index (Phi) is 4.96. The number of anilines is 1. The van der Waals surface area contributed by atoms with Gasteiger partial charge in [0.1, 0.15) is 5.75 Å². The quantitative estimate of drug-likeness (QED) is 0.154. The van der Waals surface area contributed by atoms with Gasteiger partial charge in [-0.25, -0.2) is 4.90 Å². The second-order valence-corrected chi connectivity index (χ2v) is 7.47. The van der Waals surface area contributed by atoms with Crippen LogP contribution in [0.3, 0.4) is 0 Å².